The summed E-state index contributed by atoms with van der Waals surface area (Å²) in [6.07, 6.45) is 0. The Morgan fingerprint density at radius 2 is 1.63 bits per heavy atom. The van der Waals surface area contributed by atoms with Gasteiger partial charge in [0.05, 0.1) is 11.2 Å². The highest BCUT2D eigenvalue weighted by Gasteiger charge is 2.52. The Kier molecular flexibility index (Phi) is 3.35. The lowest BCUT2D eigenvalue weighted by atomic mass is 9.75. The molecular formula is C15H21BO3. The third-order valence-corrected chi connectivity index (χ3v) is 4.26. The summed E-state index contributed by atoms with van der Waals surface area (Å²) >= 11 is 0. The fourth-order valence-electron chi connectivity index (χ4n) is 2.26. The molecule has 2 rings (SSSR count). The number of carbonyl (C=O) groups excluding carboxylic acids is 1. The van der Waals surface area contributed by atoms with Gasteiger partial charge in [0.25, 0.3) is 0 Å². The highest BCUT2D eigenvalue weighted by Crippen LogP contribution is 2.36. The van der Waals surface area contributed by atoms with E-state index in [0.717, 1.165) is 16.6 Å². The number of carbonyl (C=O) groups is 1. The Morgan fingerprint density at radius 3 is 2.11 bits per heavy atom. The topological polar surface area (TPSA) is 35.5 Å². The first-order chi connectivity index (χ1) is 8.66. The summed E-state index contributed by atoms with van der Waals surface area (Å²) in [6.45, 7) is 11.6. The van der Waals surface area contributed by atoms with Crippen LogP contribution in [0.5, 0.6) is 0 Å². The van der Waals surface area contributed by atoms with Crippen molar-refractivity contribution in [2.75, 3.05) is 0 Å². The maximum absolute atomic E-state index is 11.6. The lowest BCUT2D eigenvalue weighted by molar-refractivity contribution is 0.00578. The molecule has 0 saturated carbocycles. The molecule has 0 aromatic heterocycles. The summed E-state index contributed by atoms with van der Waals surface area (Å²) in [5.41, 5.74) is 1.87. The van der Waals surface area contributed by atoms with Crippen molar-refractivity contribution < 1.29 is 14.1 Å². The van der Waals surface area contributed by atoms with Crippen LogP contribution in [0.4, 0.5) is 0 Å². The molecule has 102 valence electrons. The van der Waals surface area contributed by atoms with E-state index in [0.29, 0.717) is 0 Å². The van der Waals surface area contributed by atoms with Crippen LogP contribution in [0.3, 0.4) is 0 Å². The summed E-state index contributed by atoms with van der Waals surface area (Å²) in [5, 5.41) is 0. The molecule has 0 atom stereocenters. The monoisotopic (exact) mass is 260 g/mol. The van der Waals surface area contributed by atoms with E-state index in [1.165, 1.54) is 0 Å². The van der Waals surface area contributed by atoms with E-state index in [1.807, 2.05) is 52.8 Å². The molecular weight excluding hydrogens is 239 g/mol. The molecule has 1 aliphatic rings. The fraction of sp³-hybridized carbons (Fsp3) is 0.533. The van der Waals surface area contributed by atoms with Crippen molar-refractivity contribution in [2.45, 2.75) is 52.7 Å². The number of rotatable bonds is 2. The normalized spacial score (nSPS) is 20.6. The fourth-order valence-corrected chi connectivity index (χ4v) is 2.26. The molecule has 0 N–H and O–H groups in total. The third kappa shape index (κ3) is 2.35. The Hall–Kier alpha value is -1.13. The van der Waals surface area contributed by atoms with Crippen molar-refractivity contribution in [3.63, 3.8) is 0 Å². The van der Waals surface area contributed by atoms with Crippen LogP contribution in [0.25, 0.3) is 0 Å². The molecule has 1 saturated heterocycles. The number of hydrogen-bond acceptors (Lipinski definition) is 3. The molecule has 0 amide bonds. The van der Waals surface area contributed by atoms with E-state index >= 15 is 0 Å². The lowest BCUT2D eigenvalue weighted by Crippen LogP contribution is -2.41. The van der Waals surface area contributed by atoms with Crippen LogP contribution in [0.15, 0.2) is 18.2 Å². The minimum Gasteiger partial charge on any atom is -0.399 e. The van der Waals surface area contributed by atoms with Gasteiger partial charge in [-0.1, -0.05) is 18.2 Å². The van der Waals surface area contributed by atoms with Crippen molar-refractivity contribution in [3.05, 3.63) is 29.3 Å². The maximum atomic E-state index is 11.6. The van der Waals surface area contributed by atoms with Gasteiger partial charge in [-0.3, -0.25) is 4.79 Å². The first-order valence-electron chi connectivity index (χ1n) is 6.62. The Balaban J connectivity index is 2.40. The average Bonchev–Trinajstić information content (AvgIpc) is 2.47. The van der Waals surface area contributed by atoms with E-state index in [1.54, 1.807) is 6.92 Å². The first-order valence-corrected chi connectivity index (χ1v) is 6.62. The minimum atomic E-state index is -0.413. The van der Waals surface area contributed by atoms with E-state index in [-0.39, 0.29) is 17.0 Å². The number of benzene rings is 1. The molecule has 1 fully saturated rings. The van der Waals surface area contributed by atoms with E-state index < -0.39 is 7.12 Å². The largest absolute Gasteiger partial charge is 0.495 e. The van der Waals surface area contributed by atoms with Crippen molar-refractivity contribution >= 4 is 18.4 Å². The van der Waals surface area contributed by atoms with E-state index in [2.05, 4.69) is 0 Å². The minimum absolute atomic E-state index is 0.0656. The van der Waals surface area contributed by atoms with Gasteiger partial charge in [-0.2, -0.15) is 0 Å². The SMILES string of the molecule is CC(=O)c1cccc(B2OC(C)(C)C(C)(C)O2)c1C. The molecule has 1 aromatic rings. The molecule has 0 radical (unpaired) electrons. The second-order valence-electron chi connectivity index (χ2n) is 6.16. The Morgan fingerprint density at radius 1 is 1.11 bits per heavy atom. The van der Waals surface area contributed by atoms with Crippen molar-refractivity contribution in [1.82, 2.24) is 0 Å². The molecule has 19 heavy (non-hydrogen) atoms. The van der Waals surface area contributed by atoms with Crippen molar-refractivity contribution in [2.24, 2.45) is 0 Å². The summed E-state index contributed by atoms with van der Waals surface area (Å²) < 4.78 is 12.1. The summed E-state index contributed by atoms with van der Waals surface area (Å²) in [4.78, 5) is 11.6. The van der Waals surface area contributed by atoms with Gasteiger partial charge < -0.3 is 9.31 Å². The zero-order valence-electron chi connectivity index (χ0n) is 12.5. The van der Waals surface area contributed by atoms with Crippen LogP contribution in [0, 0.1) is 6.92 Å². The highest BCUT2D eigenvalue weighted by molar-refractivity contribution is 6.62. The molecule has 1 heterocycles. The van der Waals surface area contributed by atoms with Gasteiger partial charge in [0.1, 0.15) is 0 Å². The van der Waals surface area contributed by atoms with Crippen LogP contribution < -0.4 is 5.46 Å². The molecule has 3 nitrogen and oxygen atoms in total. The average molecular weight is 260 g/mol. The van der Waals surface area contributed by atoms with Crippen LogP contribution in [0.1, 0.15) is 50.5 Å². The summed E-state index contributed by atoms with van der Waals surface area (Å²) in [7, 11) is -0.413. The van der Waals surface area contributed by atoms with Gasteiger partial charge in [0.15, 0.2) is 5.78 Å². The van der Waals surface area contributed by atoms with Gasteiger partial charge in [-0.05, 0) is 52.6 Å². The van der Waals surface area contributed by atoms with Crippen LogP contribution >= 0.6 is 0 Å². The highest BCUT2D eigenvalue weighted by atomic mass is 16.7. The molecule has 4 heteroatoms. The van der Waals surface area contributed by atoms with Gasteiger partial charge in [0, 0.05) is 5.56 Å². The van der Waals surface area contributed by atoms with Gasteiger partial charge >= 0.3 is 7.12 Å². The first kappa shape index (κ1) is 14.3. The predicted octanol–water partition coefficient (Wildman–Crippen LogP) is 2.50. The zero-order chi connectivity index (χ0) is 14.4. The standard InChI is InChI=1S/C15H21BO3/c1-10-12(11(2)17)8-7-9-13(10)16-18-14(3,4)15(5,6)19-16/h7-9H,1-6H3. The maximum Gasteiger partial charge on any atom is 0.495 e. The Labute approximate surface area is 115 Å². The summed E-state index contributed by atoms with van der Waals surface area (Å²) in [6, 6.07) is 5.68. The van der Waals surface area contributed by atoms with Gasteiger partial charge in [-0.25, -0.2) is 0 Å². The van der Waals surface area contributed by atoms with E-state index in [4.69, 9.17) is 9.31 Å². The molecule has 0 spiro atoms. The zero-order valence-corrected chi connectivity index (χ0v) is 12.5. The summed E-state index contributed by atoms with van der Waals surface area (Å²) in [5.74, 6) is 0.0656. The number of hydrogen-bond donors (Lipinski definition) is 0. The van der Waals surface area contributed by atoms with Crippen LogP contribution in [-0.4, -0.2) is 24.1 Å². The molecule has 0 aliphatic carbocycles. The quantitative estimate of drug-likeness (QED) is 0.605. The van der Waals surface area contributed by atoms with Gasteiger partial charge in [0.2, 0.25) is 0 Å². The van der Waals surface area contributed by atoms with Crippen molar-refractivity contribution in [3.8, 4) is 0 Å². The number of Topliss-reactive ketones (excluding diaryl/α,β-unsaturated/α-hetero) is 1. The van der Waals surface area contributed by atoms with Crippen LogP contribution in [0.2, 0.25) is 0 Å². The van der Waals surface area contributed by atoms with Gasteiger partial charge in [-0.15, -0.1) is 0 Å². The van der Waals surface area contributed by atoms with Crippen molar-refractivity contribution in [1.29, 1.82) is 0 Å². The lowest BCUT2D eigenvalue weighted by Gasteiger charge is -2.32. The molecule has 0 bridgehead atoms. The molecule has 1 aliphatic heterocycles. The smallest absolute Gasteiger partial charge is 0.399 e. The number of ketones is 1. The predicted molar refractivity (Wildman–Crippen MR) is 76.9 cm³/mol. The Bertz CT molecular complexity index is 504. The second-order valence-corrected chi connectivity index (χ2v) is 6.16. The molecule has 1 aromatic carbocycles. The second kappa shape index (κ2) is 4.46. The molecule has 0 unspecified atom stereocenters. The van der Waals surface area contributed by atoms with Crippen LogP contribution in [-0.2, 0) is 9.31 Å². The van der Waals surface area contributed by atoms with E-state index in [9.17, 15) is 4.79 Å². The third-order valence-electron chi connectivity index (χ3n) is 4.26.